The lowest BCUT2D eigenvalue weighted by Crippen LogP contribution is -2.58. The van der Waals surface area contributed by atoms with E-state index in [4.69, 9.17) is 25.7 Å². The Morgan fingerprint density at radius 3 is 1.06 bits per heavy atom. The number of benzene rings is 4. The van der Waals surface area contributed by atoms with E-state index in [1.165, 1.54) is 22.3 Å². The van der Waals surface area contributed by atoms with Gasteiger partial charge in [-0.1, -0.05) is 121 Å². The zero-order chi connectivity index (χ0) is 51.9. The van der Waals surface area contributed by atoms with Crippen LogP contribution in [-0.4, -0.2) is 173 Å². The van der Waals surface area contributed by atoms with Crippen molar-refractivity contribution in [1.29, 1.82) is 0 Å². The molecule has 0 bridgehead atoms. The third-order valence-corrected chi connectivity index (χ3v) is 14.8. The lowest BCUT2D eigenvalue weighted by Gasteiger charge is -2.37. The fraction of sp³-hybridized carbons (Fsp3) is 0.455. The molecule has 0 radical (unpaired) electrons. The molecule has 72 heavy (non-hydrogen) atoms. The van der Waals surface area contributed by atoms with Gasteiger partial charge >= 0.3 is 0 Å². The Hall–Kier alpha value is -4.08. The molecular weight excluding hydrogens is 1060 g/mol. The van der Waals surface area contributed by atoms with E-state index in [0.717, 1.165) is 31.2 Å². The van der Waals surface area contributed by atoms with Gasteiger partial charge in [-0.2, -0.15) is 0 Å². The van der Waals surface area contributed by atoms with Crippen molar-refractivity contribution in [2.24, 2.45) is 0 Å². The molecule has 5 aliphatic rings. The summed E-state index contributed by atoms with van der Waals surface area (Å²) in [5, 5.41) is 116. The zero-order valence-electron chi connectivity index (χ0n) is 39.1. The zero-order valence-corrected chi connectivity index (χ0v) is 42.3. The molecule has 0 aromatic heterocycles. The van der Waals surface area contributed by atoms with E-state index in [1.54, 1.807) is 0 Å². The molecular formula is C55H62Br2O15. The van der Waals surface area contributed by atoms with E-state index < -0.39 is 117 Å². The average molecular weight is 1120 g/mol. The summed E-state index contributed by atoms with van der Waals surface area (Å²) in [5.74, 6) is 13.7. The van der Waals surface area contributed by atoms with E-state index in [1.807, 2.05) is 36.4 Å². The Morgan fingerprint density at radius 1 is 0.444 bits per heavy atom. The van der Waals surface area contributed by atoms with Gasteiger partial charge in [-0.05, 0) is 93.0 Å². The first-order valence-electron chi connectivity index (χ1n) is 22.9. The van der Waals surface area contributed by atoms with Crippen LogP contribution in [0.1, 0.15) is 68.5 Å². The van der Waals surface area contributed by atoms with Crippen molar-refractivity contribution in [3.8, 4) is 58.3 Å². The predicted octanol–water partition coefficient (Wildman–Crippen LogP) is 2.00. The largest absolute Gasteiger partial charge is 0.394 e. The van der Waals surface area contributed by atoms with Crippen molar-refractivity contribution in [3.05, 3.63) is 115 Å². The molecule has 0 spiro atoms. The molecule has 4 aromatic carbocycles. The average Bonchev–Trinajstić information content (AvgIpc) is 3.71. The van der Waals surface area contributed by atoms with Crippen LogP contribution >= 0.6 is 31.9 Å². The Balaban J connectivity index is 0.000000222. The number of hydrogen-bond acceptors (Lipinski definition) is 15. The Kier molecular flexibility index (Phi) is 18.4. The van der Waals surface area contributed by atoms with Gasteiger partial charge in [0, 0.05) is 30.9 Å². The van der Waals surface area contributed by atoms with Crippen molar-refractivity contribution < 1.29 is 75.5 Å². The summed E-state index contributed by atoms with van der Waals surface area (Å²) >= 11 is 7.13. The van der Waals surface area contributed by atoms with Crippen molar-refractivity contribution in [1.82, 2.24) is 0 Å². The van der Waals surface area contributed by atoms with Gasteiger partial charge in [-0.25, -0.2) is 0 Å². The van der Waals surface area contributed by atoms with E-state index in [2.05, 4.69) is 126 Å². The number of terminal acetylenes is 1. The van der Waals surface area contributed by atoms with Crippen LogP contribution in [0.5, 0.6) is 0 Å². The molecule has 2 aliphatic carbocycles. The first kappa shape index (κ1) is 57.2. The second-order valence-corrected chi connectivity index (χ2v) is 20.9. The van der Waals surface area contributed by atoms with Gasteiger partial charge in [0.05, 0.1) is 19.8 Å². The molecule has 3 heterocycles. The standard InChI is InChI=1S/C31H34O10.C15H12Br2.C8H12O5.CH4/c1-31(2)19-11-15(5-9-21-25(34)29(38)27(36)23(13-32)40-21)3-7-17(19)18-8-4-16(12-20(18)31)6-10-22-26(35)30(39)28(37)24(14-33)41-22;1-15(2)13-7-9(16)3-5-11(13)12-6-4-10(17)8-14(12)15;1-2-4-6(10)8(12)7(11)5(3-9)13-4;/h3-4,7-8,11-12,21-30,32-39H,13-14H2,1-2H3;3-8H,1-2H3;1,4-12H,3H2;1H4/t21-,22-,23-,24-,25-,26-,27-,28-,29-,30-;;4-,5-,6-,7-,8-;/m1.1./s1. The number of fused-ring (bicyclic) bond motifs is 6. The van der Waals surface area contributed by atoms with Gasteiger partial charge in [-0.15, -0.1) is 6.42 Å². The van der Waals surface area contributed by atoms with Crippen molar-refractivity contribution in [2.75, 3.05) is 19.8 Å². The highest BCUT2D eigenvalue weighted by Gasteiger charge is 2.45. The van der Waals surface area contributed by atoms with Crippen LogP contribution in [0.4, 0.5) is 0 Å². The van der Waals surface area contributed by atoms with Gasteiger partial charge in [0.15, 0.2) is 0 Å². The van der Waals surface area contributed by atoms with Crippen molar-refractivity contribution in [2.45, 2.75) is 138 Å². The van der Waals surface area contributed by atoms with Crippen LogP contribution in [0.2, 0.25) is 0 Å². The molecule has 0 saturated carbocycles. The van der Waals surface area contributed by atoms with Gasteiger partial charge in [0.2, 0.25) is 0 Å². The summed E-state index contributed by atoms with van der Waals surface area (Å²) in [6.07, 6.45) is -13.9. The minimum absolute atomic E-state index is 0. The van der Waals surface area contributed by atoms with E-state index in [9.17, 15) is 56.2 Å². The highest BCUT2D eigenvalue weighted by atomic mass is 79.9. The number of halogens is 2. The summed E-state index contributed by atoms with van der Waals surface area (Å²) in [6, 6.07) is 24.6. The molecule has 0 amide bonds. The molecule has 3 saturated heterocycles. The third kappa shape index (κ3) is 11.1. The third-order valence-electron chi connectivity index (χ3n) is 13.8. The molecule has 3 aliphatic heterocycles. The molecule has 3 fully saturated rings. The fourth-order valence-corrected chi connectivity index (χ4v) is 10.3. The van der Waals surface area contributed by atoms with Gasteiger partial charge in [0.25, 0.3) is 0 Å². The topological polar surface area (TPSA) is 270 Å². The quantitative estimate of drug-likeness (QED) is 0.131. The second kappa shape index (κ2) is 23.2. The molecule has 15 atom stereocenters. The molecule has 386 valence electrons. The SMILES string of the molecule is C.C#C[C@H]1O[C@H](CO)[C@@H](O)[C@H](O)[C@@H]1O.CC1(C)c2cc(Br)ccc2-c2ccc(Br)cc21.CC1(C)c2cc(C#C[C@H]3O[C@H](CO)[C@@H](O)[C@H](O)[C@@H]3O)ccc2-c2ccc(C#C[C@H]3O[C@H](CO)[C@@H](O)[C@H](O)[C@@H]3O)cc21. The predicted molar refractivity (Wildman–Crippen MR) is 274 cm³/mol. The fourth-order valence-electron chi connectivity index (χ4n) is 9.56. The number of aliphatic hydroxyl groups excluding tert-OH is 12. The molecule has 4 aromatic rings. The number of aliphatic hydroxyl groups is 12. The van der Waals surface area contributed by atoms with Crippen LogP contribution in [0.3, 0.4) is 0 Å². The van der Waals surface area contributed by atoms with Crippen molar-refractivity contribution >= 4 is 31.9 Å². The maximum absolute atomic E-state index is 10.3. The smallest absolute Gasteiger partial charge is 0.147 e. The molecule has 0 unspecified atom stereocenters. The van der Waals surface area contributed by atoms with Crippen LogP contribution in [0.15, 0.2) is 81.7 Å². The Labute approximate surface area is 436 Å². The lowest BCUT2D eigenvalue weighted by molar-refractivity contribution is -0.214. The maximum atomic E-state index is 10.3. The summed E-state index contributed by atoms with van der Waals surface area (Å²) in [6.45, 7) is 7.21. The van der Waals surface area contributed by atoms with E-state index in [-0.39, 0.29) is 12.8 Å². The molecule has 12 N–H and O–H groups in total. The van der Waals surface area contributed by atoms with Crippen LogP contribution in [-0.2, 0) is 25.0 Å². The molecule has 15 nitrogen and oxygen atoms in total. The monoisotopic (exact) mass is 1120 g/mol. The minimum atomic E-state index is -1.49. The number of ether oxygens (including phenoxy) is 3. The molecule has 9 rings (SSSR count). The molecule has 17 heteroatoms. The first-order valence-corrected chi connectivity index (χ1v) is 24.5. The number of rotatable bonds is 3. The Bertz CT molecular complexity index is 2590. The highest BCUT2D eigenvalue weighted by molar-refractivity contribution is 9.10. The maximum Gasteiger partial charge on any atom is 0.147 e. The lowest BCUT2D eigenvalue weighted by atomic mass is 9.81. The summed E-state index contributed by atoms with van der Waals surface area (Å²) in [4.78, 5) is 0. The summed E-state index contributed by atoms with van der Waals surface area (Å²) in [5.41, 5.74) is 10.6. The van der Waals surface area contributed by atoms with Gasteiger partial charge in [-0.3, -0.25) is 0 Å². The highest BCUT2D eigenvalue weighted by Crippen LogP contribution is 2.51. The first-order chi connectivity index (χ1) is 33.6. The van der Waals surface area contributed by atoms with Gasteiger partial charge < -0.3 is 75.5 Å². The van der Waals surface area contributed by atoms with Crippen LogP contribution in [0, 0.1) is 36.0 Å². The minimum Gasteiger partial charge on any atom is -0.394 e. The second-order valence-electron chi connectivity index (χ2n) is 19.1. The van der Waals surface area contributed by atoms with E-state index in [0.29, 0.717) is 11.1 Å². The number of hydrogen-bond donors (Lipinski definition) is 12. The van der Waals surface area contributed by atoms with Crippen molar-refractivity contribution in [3.63, 3.8) is 0 Å². The van der Waals surface area contributed by atoms with Crippen LogP contribution in [0.25, 0.3) is 22.3 Å². The summed E-state index contributed by atoms with van der Waals surface area (Å²) < 4.78 is 18.2. The van der Waals surface area contributed by atoms with Crippen LogP contribution < -0.4 is 0 Å². The summed E-state index contributed by atoms with van der Waals surface area (Å²) in [7, 11) is 0. The Morgan fingerprint density at radius 2 is 0.736 bits per heavy atom. The normalized spacial score (nSPS) is 32.0. The van der Waals surface area contributed by atoms with E-state index >= 15 is 0 Å². The van der Waals surface area contributed by atoms with Gasteiger partial charge in [0.1, 0.15) is 91.6 Å².